The molecule has 1 aliphatic heterocycles. The maximum absolute atomic E-state index is 11.4. The van der Waals surface area contributed by atoms with Gasteiger partial charge in [-0.25, -0.2) is 10.2 Å². The van der Waals surface area contributed by atoms with Crippen molar-refractivity contribution in [3.8, 4) is 0 Å². The Morgan fingerprint density at radius 1 is 1.53 bits per heavy atom. The maximum Gasteiger partial charge on any atom is 0.408 e. The van der Waals surface area contributed by atoms with Crippen LogP contribution < -0.4 is 16.2 Å². The van der Waals surface area contributed by atoms with E-state index in [1.165, 1.54) is 0 Å². The minimum atomic E-state index is -0.942. The second-order valence-electron chi connectivity index (χ2n) is 4.77. The van der Waals surface area contributed by atoms with Crippen molar-refractivity contribution in [3.63, 3.8) is 0 Å². The molecule has 1 unspecified atom stereocenters. The summed E-state index contributed by atoms with van der Waals surface area (Å²) in [5, 5.41) is 2.53. The zero-order valence-electron chi connectivity index (χ0n) is 9.43. The second kappa shape index (κ2) is 3.69. The molecule has 0 bridgehead atoms. The summed E-state index contributed by atoms with van der Waals surface area (Å²) in [5.41, 5.74) is 3.57. The van der Waals surface area contributed by atoms with Gasteiger partial charge in [0.2, 0.25) is 0 Å². The van der Waals surface area contributed by atoms with Crippen LogP contribution >= 0.6 is 0 Å². The quantitative estimate of drug-likeness (QED) is 0.571. The van der Waals surface area contributed by atoms with Crippen molar-refractivity contribution in [2.24, 2.45) is 0 Å². The molecule has 0 aromatic carbocycles. The van der Waals surface area contributed by atoms with Gasteiger partial charge in [0.05, 0.1) is 0 Å². The molecule has 6 heteroatoms. The lowest BCUT2D eigenvalue weighted by Gasteiger charge is -2.25. The third kappa shape index (κ3) is 3.09. The Balaban J connectivity index is 2.55. The lowest BCUT2D eigenvalue weighted by molar-refractivity contribution is -0.124. The number of nitrogens with one attached hydrogen (secondary N) is 3. The number of alkyl carbamates (subject to hydrolysis) is 1. The monoisotopic (exact) mass is 215 g/mol. The van der Waals surface area contributed by atoms with Crippen LogP contribution in [0.5, 0.6) is 0 Å². The number of hydrogen-bond donors (Lipinski definition) is 3. The van der Waals surface area contributed by atoms with Gasteiger partial charge in [0.1, 0.15) is 11.1 Å². The normalized spacial score (nSPS) is 26.0. The molecule has 0 spiro atoms. The Hall–Kier alpha value is -1.30. The Labute approximate surface area is 88.7 Å². The van der Waals surface area contributed by atoms with E-state index in [-0.39, 0.29) is 5.91 Å². The number of carbonyl (C=O) groups is 2. The minimum Gasteiger partial charge on any atom is -0.444 e. The highest BCUT2D eigenvalue weighted by molar-refractivity contribution is 5.91. The van der Waals surface area contributed by atoms with Gasteiger partial charge in [-0.15, -0.1) is 0 Å². The van der Waals surface area contributed by atoms with Crippen molar-refractivity contribution in [1.82, 2.24) is 16.2 Å². The number of carbonyl (C=O) groups excluding carboxylic acids is 2. The number of rotatable bonds is 1. The zero-order valence-corrected chi connectivity index (χ0v) is 9.43. The van der Waals surface area contributed by atoms with E-state index in [0.717, 1.165) is 0 Å². The molecule has 1 atom stereocenters. The van der Waals surface area contributed by atoms with E-state index in [4.69, 9.17) is 4.74 Å². The van der Waals surface area contributed by atoms with Crippen molar-refractivity contribution in [3.05, 3.63) is 0 Å². The highest BCUT2D eigenvalue weighted by Gasteiger charge is 2.40. The fraction of sp³-hybridized carbons (Fsp3) is 0.778. The molecule has 0 aromatic heterocycles. The highest BCUT2D eigenvalue weighted by atomic mass is 16.6. The Kier molecular flexibility index (Phi) is 2.90. The van der Waals surface area contributed by atoms with Crippen molar-refractivity contribution in [1.29, 1.82) is 0 Å². The maximum atomic E-state index is 11.4. The molecule has 2 amide bonds. The number of hydrazine groups is 1. The average molecular weight is 215 g/mol. The summed E-state index contributed by atoms with van der Waals surface area (Å²) in [7, 11) is 0. The third-order valence-electron chi connectivity index (χ3n) is 1.92. The SMILES string of the molecule is CC(C)(C)OC(=O)NC1(C)CNNC1=O. The van der Waals surface area contributed by atoms with Crippen molar-refractivity contribution >= 4 is 12.0 Å². The molecule has 0 aliphatic carbocycles. The first kappa shape index (κ1) is 11.8. The highest BCUT2D eigenvalue weighted by Crippen LogP contribution is 2.11. The smallest absolute Gasteiger partial charge is 0.408 e. The Morgan fingerprint density at radius 3 is 2.53 bits per heavy atom. The summed E-state index contributed by atoms with van der Waals surface area (Å²) in [5.74, 6) is -0.270. The van der Waals surface area contributed by atoms with Crippen LogP contribution in [0.4, 0.5) is 4.79 Å². The van der Waals surface area contributed by atoms with Gasteiger partial charge >= 0.3 is 6.09 Å². The summed E-state index contributed by atoms with van der Waals surface area (Å²) in [4.78, 5) is 22.8. The Bertz CT molecular complexity index is 285. The minimum absolute atomic E-state index is 0.270. The fourth-order valence-corrected chi connectivity index (χ4v) is 1.15. The first-order valence-electron chi connectivity index (χ1n) is 4.77. The summed E-state index contributed by atoms with van der Waals surface area (Å²) in [6.07, 6.45) is -0.594. The average Bonchev–Trinajstić information content (AvgIpc) is 2.27. The molecular weight excluding hydrogens is 198 g/mol. The van der Waals surface area contributed by atoms with Crippen LogP contribution in [0, 0.1) is 0 Å². The summed E-state index contributed by atoms with van der Waals surface area (Å²) >= 11 is 0. The molecule has 1 saturated heterocycles. The topological polar surface area (TPSA) is 79.5 Å². The van der Waals surface area contributed by atoms with Crippen LogP contribution in [0.1, 0.15) is 27.7 Å². The summed E-state index contributed by atoms with van der Waals surface area (Å²) in [6, 6.07) is 0. The van der Waals surface area contributed by atoms with E-state index in [2.05, 4.69) is 16.2 Å². The van der Waals surface area contributed by atoms with E-state index in [1.807, 2.05) is 0 Å². The van der Waals surface area contributed by atoms with Crippen molar-refractivity contribution < 1.29 is 14.3 Å². The van der Waals surface area contributed by atoms with Gasteiger partial charge in [-0.2, -0.15) is 0 Å². The van der Waals surface area contributed by atoms with E-state index in [0.29, 0.717) is 6.54 Å². The molecule has 1 rings (SSSR count). The van der Waals surface area contributed by atoms with Crippen LogP contribution in [-0.4, -0.2) is 29.7 Å². The van der Waals surface area contributed by atoms with Gasteiger partial charge < -0.3 is 10.1 Å². The predicted molar refractivity (Wildman–Crippen MR) is 53.9 cm³/mol. The standard InChI is InChI=1S/C9H17N3O3/c1-8(2,3)15-7(14)11-9(4)5-10-12-6(9)13/h10H,5H2,1-4H3,(H,11,14)(H,12,13). The molecule has 1 heterocycles. The number of hydrogen-bond acceptors (Lipinski definition) is 4. The molecule has 15 heavy (non-hydrogen) atoms. The van der Waals surface area contributed by atoms with Crippen molar-refractivity contribution in [2.75, 3.05) is 6.54 Å². The lowest BCUT2D eigenvalue weighted by atomic mass is 10.0. The molecule has 1 fully saturated rings. The fourth-order valence-electron chi connectivity index (χ4n) is 1.15. The number of ether oxygens (including phenoxy) is 1. The molecule has 1 aliphatic rings. The van der Waals surface area contributed by atoms with Gasteiger partial charge in [-0.05, 0) is 27.7 Å². The number of amides is 2. The molecule has 3 N–H and O–H groups in total. The van der Waals surface area contributed by atoms with E-state index in [9.17, 15) is 9.59 Å². The van der Waals surface area contributed by atoms with Crippen LogP contribution in [0.2, 0.25) is 0 Å². The van der Waals surface area contributed by atoms with Crippen LogP contribution in [-0.2, 0) is 9.53 Å². The van der Waals surface area contributed by atoms with Crippen LogP contribution in [0.15, 0.2) is 0 Å². The summed E-state index contributed by atoms with van der Waals surface area (Å²) < 4.78 is 5.06. The molecule has 6 nitrogen and oxygen atoms in total. The van der Waals surface area contributed by atoms with Crippen LogP contribution in [0.25, 0.3) is 0 Å². The van der Waals surface area contributed by atoms with Gasteiger partial charge in [-0.3, -0.25) is 10.2 Å². The molecular formula is C9H17N3O3. The van der Waals surface area contributed by atoms with Crippen molar-refractivity contribution in [2.45, 2.75) is 38.8 Å². The van der Waals surface area contributed by atoms with Gasteiger partial charge in [0.25, 0.3) is 5.91 Å². The largest absolute Gasteiger partial charge is 0.444 e. The zero-order chi connectivity index (χ0) is 11.7. The second-order valence-corrected chi connectivity index (χ2v) is 4.77. The summed E-state index contributed by atoms with van der Waals surface area (Å²) in [6.45, 7) is 7.27. The first-order chi connectivity index (χ1) is 6.73. The molecule has 0 aromatic rings. The van der Waals surface area contributed by atoms with Gasteiger partial charge in [0.15, 0.2) is 0 Å². The lowest BCUT2D eigenvalue weighted by Crippen LogP contribution is -2.54. The van der Waals surface area contributed by atoms with E-state index >= 15 is 0 Å². The van der Waals surface area contributed by atoms with E-state index in [1.54, 1.807) is 27.7 Å². The third-order valence-corrected chi connectivity index (χ3v) is 1.92. The van der Waals surface area contributed by atoms with E-state index < -0.39 is 17.2 Å². The van der Waals surface area contributed by atoms with Crippen LogP contribution in [0.3, 0.4) is 0 Å². The Morgan fingerprint density at radius 2 is 2.13 bits per heavy atom. The molecule has 0 radical (unpaired) electrons. The predicted octanol–water partition coefficient (Wildman–Crippen LogP) is -0.0958. The van der Waals surface area contributed by atoms with Gasteiger partial charge in [0, 0.05) is 6.54 Å². The first-order valence-corrected chi connectivity index (χ1v) is 4.77. The molecule has 0 saturated carbocycles. The van der Waals surface area contributed by atoms with Gasteiger partial charge in [-0.1, -0.05) is 0 Å². The molecule has 86 valence electrons.